The molecule has 0 spiro atoms. The van der Waals surface area contributed by atoms with E-state index in [9.17, 15) is 8.42 Å². The largest absolute Gasteiger partial charge is 0.495 e. The SMILES string of the molecule is COCCCNC(=S)Nc1cc(S(=O)(=O)N2CCCCC2)ccc1OC. The standard InChI is InChI=1S/C17H27N3O4S2/c1-23-12-6-9-18-17(25)19-15-13-14(7-8-16(15)24-2)26(21,22)20-10-4-3-5-11-20/h7-8,13H,3-6,9-12H2,1-2H3,(H2,18,19,25). The molecule has 1 aliphatic rings. The lowest BCUT2D eigenvalue weighted by Gasteiger charge is -2.26. The number of ether oxygens (including phenoxy) is 2. The van der Waals surface area contributed by atoms with E-state index >= 15 is 0 Å². The molecule has 0 amide bonds. The van der Waals surface area contributed by atoms with Crippen molar-refractivity contribution in [2.24, 2.45) is 0 Å². The highest BCUT2D eigenvalue weighted by atomic mass is 32.2. The van der Waals surface area contributed by atoms with Gasteiger partial charge in [-0.15, -0.1) is 0 Å². The number of benzene rings is 1. The Hall–Kier alpha value is -1.42. The maximum Gasteiger partial charge on any atom is 0.243 e. The van der Waals surface area contributed by atoms with Crippen molar-refractivity contribution in [3.8, 4) is 5.75 Å². The third-order valence-corrected chi connectivity index (χ3v) is 6.32. The van der Waals surface area contributed by atoms with Crippen LogP contribution in [0, 0.1) is 0 Å². The highest BCUT2D eigenvalue weighted by molar-refractivity contribution is 7.89. The van der Waals surface area contributed by atoms with Gasteiger partial charge in [-0.25, -0.2) is 8.42 Å². The summed E-state index contributed by atoms with van der Waals surface area (Å²) in [7, 11) is -0.327. The Balaban J connectivity index is 2.13. The molecule has 2 N–H and O–H groups in total. The van der Waals surface area contributed by atoms with Crippen LogP contribution < -0.4 is 15.4 Å². The molecule has 0 aliphatic carbocycles. The van der Waals surface area contributed by atoms with E-state index in [1.807, 2.05) is 0 Å². The maximum atomic E-state index is 12.9. The summed E-state index contributed by atoms with van der Waals surface area (Å²) in [6.07, 6.45) is 3.69. The monoisotopic (exact) mass is 401 g/mol. The van der Waals surface area contributed by atoms with Gasteiger partial charge in [-0.2, -0.15) is 4.31 Å². The lowest BCUT2D eigenvalue weighted by atomic mass is 10.2. The number of piperidine rings is 1. The van der Waals surface area contributed by atoms with Crippen molar-refractivity contribution >= 4 is 33.0 Å². The molecule has 26 heavy (non-hydrogen) atoms. The number of hydrogen-bond acceptors (Lipinski definition) is 5. The fourth-order valence-corrected chi connectivity index (χ4v) is 4.54. The number of anilines is 1. The van der Waals surface area contributed by atoms with E-state index in [-0.39, 0.29) is 4.90 Å². The van der Waals surface area contributed by atoms with Crippen molar-refractivity contribution in [1.29, 1.82) is 0 Å². The molecule has 1 heterocycles. The molecule has 9 heteroatoms. The third-order valence-electron chi connectivity index (χ3n) is 4.18. The van der Waals surface area contributed by atoms with Gasteiger partial charge in [-0.05, 0) is 49.7 Å². The fourth-order valence-electron chi connectivity index (χ4n) is 2.78. The van der Waals surface area contributed by atoms with Crippen molar-refractivity contribution in [3.05, 3.63) is 18.2 Å². The number of hydrogen-bond donors (Lipinski definition) is 2. The third kappa shape index (κ3) is 5.54. The van der Waals surface area contributed by atoms with Crippen molar-refractivity contribution in [3.63, 3.8) is 0 Å². The lowest BCUT2D eigenvalue weighted by molar-refractivity contribution is 0.196. The zero-order valence-corrected chi connectivity index (χ0v) is 16.9. The molecule has 0 unspecified atom stereocenters. The molecule has 146 valence electrons. The number of nitrogens with zero attached hydrogens (tertiary/aromatic N) is 1. The molecule has 7 nitrogen and oxygen atoms in total. The average Bonchev–Trinajstić information content (AvgIpc) is 2.66. The number of sulfonamides is 1. The Kier molecular flexibility index (Phi) is 8.08. The highest BCUT2D eigenvalue weighted by Gasteiger charge is 2.26. The van der Waals surface area contributed by atoms with Crippen molar-refractivity contribution in [1.82, 2.24) is 9.62 Å². The zero-order valence-electron chi connectivity index (χ0n) is 15.3. The Morgan fingerprint density at radius 3 is 2.62 bits per heavy atom. The van der Waals surface area contributed by atoms with Crippen LogP contribution in [0.5, 0.6) is 5.75 Å². The minimum absolute atomic E-state index is 0.241. The first-order valence-electron chi connectivity index (χ1n) is 8.71. The number of thiocarbonyl (C=S) groups is 1. The molecule has 0 atom stereocenters. The smallest absolute Gasteiger partial charge is 0.243 e. The predicted octanol–water partition coefficient (Wildman–Crippen LogP) is 2.19. The highest BCUT2D eigenvalue weighted by Crippen LogP contribution is 2.29. The van der Waals surface area contributed by atoms with Crippen LogP contribution in [-0.4, -0.2) is 58.3 Å². The quantitative estimate of drug-likeness (QED) is 0.511. The minimum Gasteiger partial charge on any atom is -0.495 e. The van der Waals surface area contributed by atoms with Gasteiger partial charge in [0.05, 0.1) is 17.7 Å². The van der Waals surface area contributed by atoms with Crippen molar-refractivity contribution in [2.75, 3.05) is 45.8 Å². The van der Waals surface area contributed by atoms with Gasteiger partial charge in [0.25, 0.3) is 0 Å². The van der Waals surface area contributed by atoms with Gasteiger partial charge < -0.3 is 20.1 Å². The summed E-state index contributed by atoms with van der Waals surface area (Å²) >= 11 is 5.28. The molecule has 1 aromatic rings. The molecule has 1 fully saturated rings. The van der Waals surface area contributed by atoms with Crippen LogP contribution >= 0.6 is 12.2 Å². The maximum absolute atomic E-state index is 12.9. The number of methoxy groups -OCH3 is 2. The predicted molar refractivity (Wildman–Crippen MR) is 106 cm³/mol. The summed E-state index contributed by atoms with van der Waals surface area (Å²) in [4.78, 5) is 0.241. The van der Waals surface area contributed by atoms with E-state index in [1.165, 1.54) is 7.11 Å². The average molecular weight is 402 g/mol. The summed E-state index contributed by atoms with van der Waals surface area (Å²) in [5.74, 6) is 0.531. The molecular formula is C17H27N3O4S2. The molecule has 0 aromatic heterocycles. The molecule has 1 aliphatic heterocycles. The second-order valence-corrected chi connectivity index (χ2v) is 8.40. The Morgan fingerprint density at radius 2 is 1.96 bits per heavy atom. The van der Waals surface area contributed by atoms with Crippen LogP contribution in [0.1, 0.15) is 25.7 Å². The van der Waals surface area contributed by atoms with E-state index in [4.69, 9.17) is 21.7 Å². The Labute approximate surface area is 161 Å². The second kappa shape index (κ2) is 10.1. The zero-order chi connectivity index (χ0) is 19.0. The van der Waals surface area contributed by atoms with Gasteiger partial charge in [-0.3, -0.25) is 0 Å². The van der Waals surface area contributed by atoms with Gasteiger partial charge in [0.15, 0.2) is 5.11 Å². The fraction of sp³-hybridized carbons (Fsp3) is 0.588. The van der Waals surface area contributed by atoms with E-state index in [1.54, 1.807) is 29.6 Å². The van der Waals surface area contributed by atoms with E-state index in [0.717, 1.165) is 25.7 Å². The molecule has 0 bridgehead atoms. The van der Waals surface area contributed by atoms with E-state index < -0.39 is 10.0 Å². The van der Waals surface area contributed by atoms with E-state index in [2.05, 4.69) is 10.6 Å². The topological polar surface area (TPSA) is 79.9 Å². The van der Waals surface area contributed by atoms with Crippen LogP contribution in [0.3, 0.4) is 0 Å². The second-order valence-electron chi connectivity index (χ2n) is 6.05. The van der Waals surface area contributed by atoms with E-state index in [0.29, 0.717) is 42.8 Å². The van der Waals surface area contributed by atoms with Crippen LogP contribution in [0.15, 0.2) is 23.1 Å². The Morgan fingerprint density at radius 1 is 1.23 bits per heavy atom. The summed E-state index contributed by atoms with van der Waals surface area (Å²) < 4.78 is 37.6. The van der Waals surface area contributed by atoms with Crippen molar-refractivity contribution in [2.45, 2.75) is 30.6 Å². The summed E-state index contributed by atoms with van der Waals surface area (Å²) in [5, 5.41) is 6.50. The molecule has 0 saturated carbocycles. The molecule has 0 radical (unpaired) electrons. The van der Waals surface area contributed by atoms with Gasteiger partial charge >= 0.3 is 0 Å². The minimum atomic E-state index is -3.51. The first-order valence-corrected chi connectivity index (χ1v) is 10.6. The van der Waals surface area contributed by atoms with Crippen LogP contribution in [-0.2, 0) is 14.8 Å². The molecule has 1 saturated heterocycles. The molecule has 2 rings (SSSR count). The molecule has 1 aromatic carbocycles. The van der Waals surface area contributed by atoms with Gasteiger partial charge in [-0.1, -0.05) is 6.42 Å². The first-order chi connectivity index (χ1) is 12.5. The van der Waals surface area contributed by atoms with Gasteiger partial charge in [0.1, 0.15) is 5.75 Å². The summed E-state index contributed by atoms with van der Waals surface area (Å²) in [5.41, 5.74) is 0.523. The summed E-state index contributed by atoms with van der Waals surface area (Å²) in [6.45, 7) is 2.43. The van der Waals surface area contributed by atoms with Gasteiger partial charge in [0.2, 0.25) is 10.0 Å². The van der Waals surface area contributed by atoms with Crippen LogP contribution in [0.4, 0.5) is 5.69 Å². The van der Waals surface area contributed by atoms with Crippen LogP contribution in [0.25, 0.3) is 0 Å². The number of rotatable bonds is 8. The normalized spacial score (nSPS) is 15.5. The molecular weight excluding hydrogens is 374 g/mol. The summed E-state index contributed by atoms with van der Waals surface area (Å²) in [6, 6.07) is 4.79. The first kappa shape index (κ1) is 20.9. The lowest BCUT2D eigenvalue weighted by Crippen LogP contribution is -2.35. The van der Waals surface area contributed by atoms with Crippen molar-refractivity contribution < 1.29 is 17.9 Å². The van der Waals surface area contributed by atoms with Gasteiger partial charge in [0, 0.05) is 33.4 Å². The number of nitrogens with one attached hydrogen (secondary N) is 2. The van der Waals surface area contributed by atoms with Crippen LogP contribution in [0.2, 0.25) is 0 Å². The Bertz CT molecular complexity index is 704.